The predicted molar refractivity (Wildman–Crippen MR) is 89.6 cm³/mol. The number of imidazole rings is 1. The lowest BCUT2D eigenvalue weighted by molar-refractivity contribution is 0.190. The molecule has 0 aliphatic rings. The third-order valence-corrected chi connectivity index (χ3v) is 3.83. The van der Waals surface area contributed by atoms with Crippen LogP contribution >= 0.6 is 15.9 Å². The lowest BCUT2D eigenvalue weighted by atomic mass is 10.1. The Kier molecular flexibility index (Phi) is 5.82. The van der Waals surface area contributed by atoms with Crippen molar-refractivity contribution in [1.29, 1.82) is 0 Å². The summed E-state index contributed by atoms with van der Waals surface area (Å²) in [5, 5.41) is 3.49. The second kappa shape index (κ2) is 7.61. The van der Waals surface area contributed by atoms with Crippen molar-refractivity contribution < 1.29 is 4.74 Å². The van der Waals surface area contributed by atoms with Crippen molar-refractivity contribution in [3.05, 3.63) is 46.2 Å². The van der Waals surface area contributed by atoms with Crippen molar-refractivity contribution in [2.45, 2.75) is 32.9 Å². The van der Waals surface area contributed by atoms with Gasteiger partial charge >= 0.3 is 0 Å². The number of halogens is 1. The zero-order valence-electron chi connectivity index (χ0n) is 12.8. The van der Waals surface area contributed by atoms with E-state index < -0.39 is 0 Å². The summed E-state index contributed by atoms with van der Waals surface area (Å²) in [6.07, 6.45) is 3.05. The topological polar surface area (TPSA) is 39.1 Å². The Morgan fingerprint density at radius 2 is 2.24 bits per heavy atom. The first-order chi connectivity index (χ1) is 10.1. The molecule has 0 radical (unpaired) electrons. The number of benzene rings is 1. The molecule has 2 aromatic rings. The maximum Gasteiger partial charge on any atom is 0.203 e. The number of rotatable bonds is 7. The number of nitrogens with one attached hydrogen (secondary N) is 1. The molecule has 1 aromatic heterocycles. The van der Waals surface area contributed by atoms with Crippen LogP contribution in [0.4, 0.5) is 5.95 Å². The van der Waals surface area contributed by atoms with Gasteiger partial charge in [0.2, 0.25) is 5.95 Å². The minimum absolute atomic E-state index is 0.200. The molecule has 0 saturated carbocycles. The van der Waals surface area contributed by atoms with Gasteiger partial charge < -0.3 is 14.6 Å². The molecule has 0 saturated heterocycles. The van der Waals surface area contributed by atoms with E-state index in [0.717, 1.165) is 35.7 Å². The van der Waals surface area contributed by atoms with Gasteiger partial charge in [0.1, 0.15) is 0 Å². The van der Waals surface area contributed by atoms with E-state index in [1.165, 1.54) is 5.56 Å². The highest BCUT2D eigenvalue weighted by atomic mass is 79.9. The van der Waals surface area contributed by atoms with Crippen molar-refractivity contribution >= 4 is 21.9 Å². The largest absolute Gasteiger partial charge is 0.385 e. The summed E-state index contributed by atoms with van der Waals surface area (Å²) in [5.41, 5.74) is 2.25. The highest BCUT2D eigenvalue weighted by molar-refractivity contribution is 9.10. The zero-order chi connectivity index (χ0) is 15.2. The maximum absolute atomic E-state index is 5.11. The summed E-state index contributed by atoms with van der Waals surface area (Å²) in [6, 6.07) is 8.53. The van der Waals surface area contributed by atoms with Crippen LogP contribution in [0.1, 0.15) is 30.6 Å². The first kappa shape index (κ1) is 16.0. The van der Waals surface area contributed by atoms with Crippen LogP contribution in [0, 0.1) is 6.92 Å². The molecule has 0 bridgehead atoms. The van der Waals surface area contributed by atoms with Crippen LogP contribution in [0.15, 0.2) is 34.9 Å². The van der Waals surface area contributed by atoms with Crippen LogP contribution in [-0.4, -0.2) is 23.3 Å². The van der Waals surface area contributed by atoms with Crippen LogP contribution < -0.4 is 5.32 Å². The molecule has 114 valence electrons. The van der Waals surface area contributed by atoms with Gasteiger partial charge in [0.05, 0.1) is 11.7 Å². The van der Waals surface area contributed by atoms with Gasteiger partial charge in [-0.25, -0.2) is 4.98 Å². The molecule has 0 aliphatic carbocycles. The van der Waals surface area contributed by atoms with E-state index in [4.69, 9.17) is 4.74 Å². The van der Waals surface area contributed by atoms with E-state index in [1.807, 2.05) is 19.1 Å². The molecule has 21 heavy (non-hydrogen) atoms. The van der Waals surface area contributed by atoms with Crippen molar-refractivity contribution in [2.24, 2.45) is 0 Å². The Balaban J connectivity index is 2.07. The van der Waals surface area contributed by atoms with Crippen molar-refractivity contribution in [3.8, 4) is 0 Å². The molecule has 5 heteroatoms. The SMILES string of the molecule is COCCCn1cc(C)nc1NC(C)c1cccc(Br)c1. The average Bonchev–Trinajstić information content (AvgIpc) is 2.79. The van der Waals surface area contributed by atoms with Gasteiger partial charge in [-0.2, -0.15) is 0 Å². The molecule has 1 heterocycles. The fourth-order valence-electron chi connectivity index (χ4n) is 2.26. The fourth-order valence-corrected chi connectivity index (χ4v) is 2.68. The molecule has 4 nitrogen and oxygen atoms in total. The zero-order valence-corrected chi connectivity index (χ0v) is 14.4. The minimum Gasteiger partial charge on any atom is -0.385 e. The third kappa shape index (κ3) is 4.58. The standard InChI is InChI=1S/C16H22BrN3O/c1-12-11-20(8-5-9-21-3)16(18-12)19-13(2)14-6-4-7-15(17)10-14/h4,6-7,10-11,13H,5,8-9H2,1-3H3,(H,18,19). The molecule has 1 aromatic carbocycles. The summed E-state index contributed by atoms with van der Waals surface area (Å²) >= 11 is 3.51. The third-order valence-electron chi connectivity index (χ3n) is 3.34. The van der Waals surface area contributed by atoms with Crippen LogP contribution in [-0.2, 0) is 11.3 Å². The molecular weight excluding hydrogens is 330 g/mol. The lowest BCUT2D eigenvalue weighted by Gasteiger charge is -2.16. The molecule has 0 fully saturated rings. The molecule has 1 unspecified atom stereocenters. The summed E-state index contributed by atoms with van der Waals surface area (Å²) in [7, 11) is 1.73. The molecule has 0 amide bonds. The Morgan fingerprint density at radius 3 is 2.95 bits per heavy atom. The minimum atomic E-state index is 0.200. The number of ether oxygens (including phenoxy) is 1. The van der Waals surface area contributed by atoms with E-state index in [2.05, 4.69) is 56.1 Å². The molecule has 0 spiro atoms. The van der Waals surface area contributed by atoms with E-state index in [1.54, 1.807) is 7.11 Å². The second-order valence-corrected chi connectivity index (χ2v) is 6.08. The summed E-state index contributed by atoms with van der Waals surface area (Å²) < 4.78 is 8.36. The van der Waals surface area contributed by atoms with Crippen LogP contribution in [0.25, 0.3) is 0 Å². The summed E-state index contributed by atoms with van der Waals surface area (Å²) in [4.78, 5) is 4.58. The normalized spacial score (nSPS) is 12.4. The monoisotopic (exact) mass is 351 g/mol. The van der Waals surface area contributed by atoms with E-state index >= 15 is 0 Å². The average molecular weight is 352 g/mol. The van der Waals surface area contributed by atoms with Crippen molar-refractivity contribution in [3.63, 3.8) is 0 Å². The van der Waals surface area contributed by atoms with Gasteiger partial charge in [0.15, 0.2) is 0 Å². The summed E-state index contributed by atoms with van der Waals surface area (Å²) in [5.74, 6) is 0.913. The molecule has 1 atom stereocenters. The van der Waals surface area contributed by atoms with E-state index in [9.17, 15) is 0 Å². The predicted octanol–water partition coefficient (Wildman–Crippen LogP) is 4.16. The number of nitrogens with zero attached hydrogens (tertiary/aromatic N) is 2. The number of aryl methyl sites for hydroxylation is 2. The van der Waals surface area contributed by atoms with Gasteiger partial charge in [-0.05, 0) is 38.0 Å². The molecule has 1 N–H and O–H groups in total. The van der Waals surface area contributed by atoms with E-state index in [0.29, 0.717) is 0 Å². The molecule has 0 aliphatic heterocycles. The number of anilines is 1. The lowest BCUT2D eigenvalue weighted by Crippen LogP contribution is -2.12. The van der Waals surface area contributed by atoms with Crippen LogP contribution in [0.3, 0.4) is 0 Å². The van der Waals surface area contributed by atoms with Crippen LogP contribution in [0.2, 0.25) is 0 Å². The highest BCUT2D eigenvalue weighted by Gasteiger charge is 2.11. The molecular formula is C16H22BrN3O. The number of hydrogen-bond acceptors (Lipinski definition) is 3. The van der Waals surface area contributed by atoms with Gasteiger partial charge in [-0.15, -0.1) is 0 Å². The van der Waals surface area contributed by atoms with Crippen molar-refractivity contribution in [1.82, 2.24) is 9.55 Å². The smallest absolute Gasteiger partial charge is 0.203 e. The maximum atomic E-state index is 5.11. The highest BCUT2D eigenvalue weighted by Crippen LogP contribution is 2.22. The molecule has 2 rings (SSSR count). The number of hydrogen-bond donors (Lipinski definition) is 1. The fraction of sp³-hybridized carbons (Fsp3) is 0.438. The summed E-state index contributed by atoms with van der Waals surface area (Å²) in [6.45, 7) is 5.83. The Morgan fingerprint density at radius 1 is 1.43 bits per heavy atom. The first-order valence-corrected chi connectivity index (χ1v) is 7.94. The van der Waals surface area contributed by atoms with Crippen LogP contribution in [0.5, 0.6) is 0 Å². The van der Waals surface area contributed by atoms with E-state index in [-0.39, 0.29) is 6.04 Å². The first-order valence-electron chi connectivity index (χ1n) is 7.15. The number of aromatic nitrogens is 2. The Hall–Kier alpha value is -1.33. The van der Waals surface area contributed by atoms with Gasteiger partial charge in [-0.3, -0.25) is 0 Å². The van der Waals surface area contributed by atoms with Gasteiger partial charge in [-0.1, -0.05) is 28.1 Å². The van der Waals surface area contributed by atoms with Gasteiger partial charge in [0.25, 0.3) is 0 Å². The van der Waals surface area contributed by atoms with Gasteiger partial charge in [0, 0.05) is 30.9 Å². The van der Waals surface area contributed by atoms with Crippen molar-refractivity contribution in [2.75, 3.05) is 19.0 Å². The Labute approximate surface area is 134 Å². The Bertz CT molecular complexity index is 583. The second-order valence-electron chi connectivity index (χ2n) is 5.17. The number of methoxy groups -OCH3 is 1. The quantitative estimate of drug-likeness (QED) is 0.761.